The van der Waals surface area contributed by atoms with Crippen molar-refractivity contribution in [2.75, 3.05) is 6.54 Å². The summed E-state index contributed by atoms with van der Waals surface area (Å²) < 4.78 is 27.0. The third-order valence-corrected chi connectivity index (χ3v) is 6.29. The number of aromatic hydroxyl groups is 1. The number of aliphatic carboxylic acids is 1. The van der Waals surface area contributed by atoms with Gasteiger partial charge in [-0.2, -0.15) is 0 Å². The molecule has 0 bridgehead atoms. The van der Waals surface area contributed by atoms with E-state index < -0.39 is 51.1 Å². The van der Waals surface area contributed by atoms with Crippen molar-refractivity contribution in [2.24, 2.45) is 11.8 Å². The monoisotopic (exact) mass is 472 g/mol. The highest BCUT2D eigenvalue weighted by atomic mass is 32.2. The Hall–Kier alpha value is -2.99. The minimum absolute atomic E-state index is 0.0287. The average Bonchev–Trinajstić information content (AvgIpc) is 2.69. The van der Waals surface area contributed by atoms with E-state index in [9.17, 15) is 32.7 Å². The van der Waals surface area contributed by atoms with Crippen LogP contribution in [0.1, 0.15) is 49.9 Å². The van der Waals surface area contributed by atoms with Crippen molar-refractivity contribution in [3.05, 3.63) is 23.8 Å². The summed E-state index contributed by atoms with van der Waals surface area (Å²) in [5, 5.41) is 29.9. The number of aldehydes is 1. The molecule has 2 atom stereocenters. The first kappa shape index (κ1) is 27.0. The van der Waals surface area contributed by atoms with Gasteiger partial charge in [-0.1, -0.05) is 20.3 Å². The van der Waals surface area contributed by atoms with Gasteiger partial charge >= 0.3 is 11.9 Å². The van der Waals surface area contributed by atoms with Gasteiger partial charge in [-0.25, -0.2) is 22.7 Å². The third kappa shape index (κ3) is 7.93. The number of sulfonamides is 1. The third-order valence-electron chi connectivity index (χ3n) is 4.83. The molecule has 0 radical (unpaired) electrons. The van der Waals surface area contributed by atoms with Crippen LogP contribution in [0, 0.1) is 11.8 Å². The highest BCUT2D eigenvalue weighted by molar-refractivity contribution is 7.89. The molecule has 32 heavy (non-hydrogen) atoms. The Morgan fingerprint density at radius 3 is 2.31 bits per heavy atom. The van der Waals surface area contributed by atoms with E-state index in [1.807, 2.05) is 0 Å². The fourth-order valence-corrected chi connectivity index (χ4v) is 4.10. The van der Waals surface area contributed by atoms with E-state index in [4.69, 9.17) is 10.2 Å². The van der Waals surface area contributed by atoms with E-state index in [0.29, 0.717) is 25.5 Å². The van der Waals surface area contributed by atoms with Crippen LogP contribution in [0.4, 0.5) is 0 Å². The number of amides is 1. The first-order valence-corrected chi connectivity index (χ1v) is 11.4. The highest BCUT2D eigenvalue weighted by Gasteiger charge is 2.27. The molecule has 0 aromatic heterocycles. The Balaban J connectivity index is 2.64. The minimum atomic E-state index is -4.00. The zero-order valence-corrected chi connectivity index (χ0v) is 18.6. The maximum absolute atomic E-state index is 12.4. The molecule has 0 aliphatic heterocycles. The second kappa shape index (κ2) is 12.2. The molecule has 1 amide bonds. The Morgan fingerprint density at radius 1 is 1.12 bits per heavy atom. The van der Waals surface area contributed by atoms with Gasteiger partial charge in [0.2, 0.25) is 15.9 Å². The Kier molecular flexibility index (Phi) is 10.3. The molecule has 1 aromatic rings. The van der Waals surface area contributed by atoms with Crippen LogP contribution in [0.5, 0.6) is 5.75 Å². The summed E-state index contributed by atoms with van der Waals surface area (Å²) in [6, 6.07) is 1.63. The fourth-order valence-electron chi connectivity index (χ4n) is 3.00. The summed E-state index contributed by atoms with van der Waals surface area (Å²) in [5.41, 5.74) is -0.534. The van der Waals surface area contributed by atoms with Crippen LogP contribution < -0.4 is 10.0 Å². The van der Waals surface area contributed by atoms with Gasteiger partial charge in [0.05, 0.1) is 4.90 Å². The van der Waals surface area contributed by atoms with Crippen LogP contribution >= 0.6 is 0 Å². The van der Waals surface area contributed by atoms with E-state index in [2.05, 4.69) is 10.0 Å². The van der Waals surface area contributed by atoms with E-state index in [1.165, 1.54) is 0 Å². The number of carbonyl (C=O) groups excluding carboxylic acids is 2. The van der Waals surface area contributed by atoms with Crippen LogP contribution in [0.3, 0.4) is 0 Å². The Bertz CT molecular complexity index is 944. The fraction of sp³-hybridized carbons (Fsp3) is 0.500. The lowest BCUT2D eigenvalue weighted by Crippen LogP contribution is -2.45. The summed E-state index contributed by atoms with van der Waals surface area (Å²) in [4.78, 5) is 44.9. The first-order valence-electron chi connectivity index (χ1n) is 9.93. The van der Waals surface area contributed by atoms with E-state index >= 15 is 0 Å². The molecule has 12 heteroatoms. The number of hydrogen-bond acceptors (Lipinski definition) is 7. The molecule has 0 fully saturated rings. The molecule has 0 saturated carbocycles. The molecular weight excluding hydrogens is 444 g/mol. The smallest absolute Gasteiger partial charge is 0.339 e. The normalized spacial score (nSPS) is 13.3. The summed E-state index contributed by atoms with van der Waals surface area (Å²) in [6.45, 7) is 3.63. The van der Waals surface area contributed by atoms with Gasteiger partial charge < -0.3 is 25.4 Å². The molecule has 0 spiro atoms. The number of aromatic carboxylic acids is 1. The molecule has 1 unspecified atom stereocenters. The van der Waals surface area contributed by atoms with Gasteiger partial charge in [0.25, 0.3) is 0 Å². The highest BCUT2D eigenvalue weighted by Crippen LogP contribution is 2.22. The maximum atomic E-state index is 12.4. The molecule has 178 valence electrons. The van der Waals surface area contributed by atoms with Gasteiger partial charge in [0.1, 0.15) is 23.6 Å². The minimum Gasteiger partial charge on any atom is -0.507 e. The van der Waals surface area contributed by atoms with Crippen LogP contribution in [0.2, 0.25) is 0 Å². The summed E-state index contributed by atoms with van der Waals surface area (Å²) >= 11 is 0. The second-order valence-corrected chi connectivity index (χ2v) is 9.30. The van der Waals surface area contributed by atoms with Crippen molar-refractivity contribution in [3.8, 4) is 5.75 Å². The number of carbonyl (C=O) groups is 4. The number of carboxylic acids is 2. The molecule has 1 rings (SSSR count). The Morgan fingerprint density at radius 2 is 1.78 bits per heavy atom. The van der Waals surface area contributed by atoms with E-state index in [-0.39, 0.29) is 23.8 Å². The lowest BCUT2D eigenvalue weighted by molar-refractivity contribution is -0.143. The number of benzene rings is 1. The zero-order valence-electron chi connectivity index (χ0n) is 17.8. The van der Waals surface area contributed by atoms with Crippen LogP contribution in [0.15, 0.2) is 23.1 Å². The molecule has 0 saturated heterocycles. The topological polar surface area (TPSA) is 187 Å². The maximum Gasteiger partial charge on any atom is 0.339 e. The molecular formula is C20H28N2O9S. The molecule has 0 heterocycles. The number of carboxylic acid groups (broad SMARTS) is 2. The van der Waals surface area contributed by atoms with Crippen molar-refractivity contribution < 1.29 is 42.9 Å². The van der Waals surface area contributed by atoms with Crippen molar-refractivity contribution in [1.29, 1.82) is 0 Å². The first-order chi connectivity index (χ1) is 14.9. The summed E-state index contributed by atoms with van der Waals surface area (Å²) in [5.74, 6) is -4.43. The second-order valence-electron chi connectivity index (χ2n) is 7.53. The molecule has 0 aliphatic rings. The quantitative estimate of drug-likeness (QED) is 0.194. The van der Waals surface area contributed by atoms with Gasteiger partial charge in [0, 0.05) is 18.9 Å². The lowest BCUT2D eigenvalue weighted by atomic mass is 9.89. The molecule has 5 N–H and O–H groups in total. The lowest BCUT2D eigenvalue weighted by Gasteiger charge is -2.22. The standard InChI is InChI=1S/C20H28N2O9S/c1-12(2)14(18(25)22-16(8-10-23)20(28)29)5-3-4-9-21-32(30,31)13-6-7-17(24)15(11-13)19(26)27/h6-7,10-12,14,16,21,24H,3-5,8-9H2,1-2H3,(H,22,25)(H,26,27)(H,28,29)/t14?,16-/m0/s1. The van der Waals surface area contributed by atoms with Gasteiger partial charge in [-0.15, -0.1) is 0 Å². The van der Waals surface area contributed by atoms with Crippen LogP contribution in [-0.4, -0.2) is 60.5 Å². The van der Waals surface area contributed by atoms with Crippen molar-refractivity contribution in [1.82, 2.24) is 10.0 Å². The SMILES string of the molecule is CC(C)C(CCCCNS(=O)(=O)c1ccc(O)c(C(=O)O)c1)C(=O)N[C@@H](CC=O)C(=O)O. The predicted molar refractivity (Wildman–Crippen MR) is 113 cm³/mol. The number of hydrogen-bond donors (Lipinski definition) is 5. The zero-order chi connectivity index (χ0) is 24.5. The summed E-state index contributed by atoms with van der Waals surface area (Å²) in [6.07, 6.45) is 1.29. The van der Waals surface area contributed by atoms with E-state index in [1.54, 1.807) is 13.8 Å². The van der Waals surface area contributed by atoms with Crippen molar-refractivity contribution in [2.45, 2.75) is 50.5 Å². The Labute approximate surface area is 185 Å². The van der Waals surface area contributed by atoms with E-state index in [0.717, 1.165) is 18.2 Å². The predicted octanol–water partition coefficient (Wildman–Crippen LogP) is 0.970. The number of phenols is 1. The largest absolute Gasteiger partial charge is 0.507 e. The van der Waals surface area contributed by atoms with Gasteiger partial charge in [-0.3, -0.25) is 4.79 Å². The van der Waals surface area contributed by atoms with Crippen LogP contribution in [0.25, 0.3) is 0 Å². The molecule has 0 aliphatic carbocycles. The molecule has 1 aromatic carbocycles. The molecule has 11 nitrogen and oxygen atoms in total. The number of nitrogens with one attached hydrogen (secondary N) is 2. The van der Waals surface area contributed by atoms with Gasteiger partial charge in [0.15, 0.2) is 0 Å². The summed E-state index contributed by atoms with van der Waals surface area (Å²) in [7, 11) is -4.00. The van der Waals surface area contributed by atoms with Crippen LogP contribution in [-0.2, 0) is 24.4 Å². The number of rotatable bonds is 14. The number of unbranched alkanes of at least 4 members (excludes halogenated alkanes) is 1. The van der Waals surface area contributed by atoms with Gasteiger partial charge in [-0.05, 0) is 37.0 Å². The van der Waals surface area contributed by atoms with Crippen molar-refractivity contribution >= 4 is 34.2 Å². The van der Waals surface area contributed by atoms with Crippen molar-refractivity contribution in [3.63, 3.8) is 0 Å². The average molecular weight is 473 g/mol.